The van der Waals surface area contributed by atoms with Crippen LogP contribution >= 0.6 is 11.3 Å². The first-order valence-electron chi connectivity index (χ1n) is 11.2. The Bertz CT molecular complexity index is 1030. The molecule has 178 valence electrons. The first kappa shape index (κ1) is 23.5. The molecule has 2 aliphatic heterocycles. The van der Waals surface area contributed by atoms with Gasteiger partial charge in [0.05, 0.1) is 30.9 Å². The fourth-order valence-electron chi connectivity index (χ4n) is 4.29. The van der Waals surface area contributed by atoms with E-state index in [1.165, 1.54) is 11.3 Å². The average Bonchev–Trinajstić information content (AvgIpc) is 3.31. The van der Waals surface area contributed by atoms with Gasteiger partial charge >= 0.3 is 5.97 Å². The Morgan fingerprint density at radius 2 is 1.91 bits per heavy atom. The maximum Gasteiger partial charge on any atom is 0.341 e. The molecule has 0 unspecified atom stereocenters. The monoisotopic (exact) mass is 474 g/mol. The van der Waals surface area contributed by atoms with Gasteiger partial charge in [0.25, 0.3) is 0 Å². The molecule has 2 aliphatic rings. The van der Waals surface area contributed by atoms with E-state index in [1.807, 2.05) is 39.0 Å². The molecular weight excluding hydrogens is 444 g/mol. The lowest BCUT2D eigenvalue weighted by atomic mass is 10.1. The van der Waals surface area contributed by atoms with Gasteiger partial charge in [-0.15, -0.1) is 11.3 Å². The summed E-state index contributed by atoms with van der Waals surface area (Å²) in [5.41, 5.74) is 2.28. The van der Waals surface area contributed by atoms with Crippen molar-refractivity contribution in [1.82, 2.24) is 4.90 Å². The van der Waals surface area contributed by atoms with Crippen LogP contribution in [0.15, 0.2) is 18.2 Å². The van der Waals surface area contributed by atoms with Gasteiger partial charge in [-0.05, 0) is 51.0 Å². The second kappa shape index (κ2) is 10.1. The number of hydrogen-bond acceptors (Lipinski definition) is 8. The molecule has 3 heterocycles. The van der Waals surface area contributed by atoms with Crippen LogP contribution in [-0.4, -0.2) is 62.0 Å². The number of thiophene rings is 1. The molecule has 2 aromatic rings. The largest absolute Gasteiger partial charge is 0.462 e. The van der Waals surface area contributed by atoms with Crippen LogP contribution in [0.3, 0.4) is 0 Å². The summed E-state index contributed by atoms with van der Waals surface area (Å²) in [7, 11) is 0. The smallest absolute Gasteiger partial charge is 0.341 e. The van der Waals surface area contributed by atoms with Crippen molar-refractivity contribution in [1.29, 1.82) is 0 Å². The van der Waals surface area contributed by atoms with Gasteiger partial charge in [0.2, 0.25) is 12.7 Å². The Kier molecular flexibility index (Phi) is 7.21. The van der Waals surface area contributed by atoms with E-state index in [0.717, 1.165) is 27.5 Å². The first-order valence-corrected chi connectivity index (χ1v) is 12.0. The lowest BCUT2D eigenvalue weighted by Gasteiger charge is -2.34. The molecule has 1 fully saturated rings. The Morgan fingerprint density at radius 3 is 2.64 bits per heavy atom. The second-order valence-corrected chi connectivity index (χ2v) is 9.54. The Hall–Kier alpha value is -2.62. The third-order valence-electron chi connectivity index (χ3n) is 5.64. The van der Waals surface area contributed by atoms with Crippen molar-refractivity contribution in [3.63, 3.8) is 0 Å². The van der Waals surface area contributed by atoms with Crippen LogP contribution < -0.4 is 14.8 Å². The van der Waals surface area contributed by atoms with E-state index in [4.69, 9.17) is 18.9 Å². The van der Waals surface area contributed by atoms with E-state index >= 15 is 0 Å². The fourth-order valence-corrected chi connectivity index (χ4v) is 5.53. The summed E-state index contributed by atoms with van der Waals surface area (Å²) < 4.78 is 21.9. The van der Waals surface area contributed by atoms with E-state index in [9.17, 15) is 9.59 Å². The molecule has 0 aliphatic carbocycles. The van der Waals surface area contributed by atoms with Gasteiger partial charge in [-0.25, -0.2) is 4.79 Å². The number of nitrogens with one attached hydrogen (secondary N) is 1. The number of amides is 1. The van der Waals surface area contributed by atoms with E-state index in [-0.39, 0.29) is 38.1 Å². The molecule has 33 heavy (non-hydrogen) atoms. The highest BCUT2D eigenvalue weighted by atomic mass is 32.1. The standard InChI is InChI=1S/C24H30N2O6S/c1-5-29-24(28)22-16(4)20(9-17-6-7-18-19(8-17)31-13-30-18)33-23(22)25-21(27)12-26-10-14(2)32-15(3)11-26/h6-8,14-15H,5,9-13H2,1-4H3,(H,25,27)/t14-,15-/m0/s1. The van der Waals surface area contributed by atoms with Crippen molar-refractivity contribution < 1.29 is 28.5 Å². The minimum Gasteiger partial charge on any atom is -0.462 e. The number of morpholine rings is 1. The van der Waals surface area contributed by atoms with Crippen LogP contribution in [0.5, 0.6) is 11.5 Å². The molecule has 1 saturated heterocycles. The van der Waals surface area contributed by atoms with Crippen molar-refractivity contribution in [2.24, 2.45) is 0 Å². The summed E-state index contributed by atoms with van der Waals surface area (Å²) in [6.45, 7) is 9.80. The quantitative estimate of drug-likeness (QED) is 0.614. The molecule has 1 N–H and O–H groups in total. The summed E-state index contributed by atoms with van der Waals surface area (Å²) in [6, 6.07) is 5.82. The molecule has 1 amide bonds. The van der Waals surface area contributed by atoms with Gasteiger partial charge in [0.1, 0.15) is 5.00 Å². The number of rotatable bonds is 7. The molecule has 2 atom stereocenters. The SMILES string of the molecule is CCOC(=O)c1c(NC(=O)CN2C[C@H](C)O[C@@H](C)C2)sc(Cc2ccc3c(c2)OCO3)c1C. The molecule has 0 spiro atoms. The third-order valence-corrected chi connectivity index (χ3v) is 6.85. The number of fused-ring (bicyclic) bond motifs is 1. The van der Waals surface area contributed by atoms with E-state index in [1.54, 1.807) is 6.92 Å². The fraction of sp³-hybridized carbons (Fsp3) is 0.500. The average molecular weight is 475 g/mol. The number of esters is 1. The molecule has 0 saturated carbocycles. The normalized spacial score (nSPS) is 20.0. The predicted octanol–water partition coefficient (Wildman–Crippen LogP) is 3.60. The summed E-state index contributed by atoms with van der Waals surface area (Å²) >= 11 is 1.41. The third kappa shape index (κ3) is 5.48. The summed E-state index contributed by atoms with van der Waals surface area (Å²) in [4.78, 5) is 28.7. The molecule has 1 aromatic heterocycles. The summed E-state index contributed by atoms with van der Waals surface area (Å²) in [5, 5.41) is 3.50. The lowest BCUT2D eigenvalue weighted by molar-refractivity contribution is -0.121. The number of carbonyl (C=O) groups is 2. The first-order chi connectivity index (χ1) is 15.8. The van der Waals surface area contributed by atoms with Crippen LogP contribution in [0.2, 0.25) is 0 Å². The van der Waals surface area contributed by atoms with Gasteiger partial charge in [-0.2, -0.15) is 0 Å². The van der Waals surface area contributed by atoms with E-state index in [2.05, 4.69) is 10.2 Å². The second-order valence-electron chi connectivity index (χ2n) is 8.44. The summed E-state index contributed by atoms with van der Waals surface area (Å²) in [6.07, 6.45) is 0.760. The van der Waals surface area contributed by atoms with Crippen LogP contribution in [-0.2, 0) is 20.7 Å². The predicted molar refractivity (Wildman–Crippen MR) is 125 cm³/mol. The number of ether oxygens (including phenoxy) is 4. The number of benzene rings is 1. The minimum absolute atomic E-state index is 0.0777. The van der Waals surface area contributed by atoms with Crippen LogP contribution in [0.25, 0.3) is 0 Å². The van der Waals surface area contributed by atoms with Crippen LogP contribution in [0.4, 0.5) is 5.00 Å². The highest BCUT2D eigenvalue weighted by Gasteiger charge is 2.27. The zero-order chi connectivity index (χ0) is 23.5. The van der Waals surface area contributed by atoms with E-state index in [0.29, 0.717) is 30.1 Å². The van der Waals surface area contributed by atoms with E-state index < -0.39 is 5.97 Å². The van der Waals surface area contributed by atoms with Gasteiger partial charge < -0.3 is 24.3 Å². The zero-order valence-electron chi connectivity index (χ0n) is 19.4. The number of carbonyl (C=O) groups excluding carboxylic acids is 2. The van der Waals surface area contributed by atoms with Gasteiger partial charge in [0.15, 0.2) is 11.5 Å². The minimum atomic E-state index is -0.424. The summed E-state index contributed by atoms with van der Waals surface area (Å²) in [5.74, 6) is 0.869. The molecular formula is C24H30N2O6S. The van der Waals surface area contributed by atoms with Crippen molar-refractivity contribution in [3.8, 4) is 11.5 Å². The van der Waals surface area contributed by atoms with Crippen LogP contribution in [0.1, 0.15) is 47.1 Å². The van der Waals surface area contributed by atoms with Crippen molar-refractivity contribution >= 4 is 28.2 Å². The molecule has 0 radical (unpaired) electrons. The van der Waals surface area contributed by atoms with Gasteiger partial charge in [-0.3, -0.25) is 9.69 Å². The number of nitrogens with zero attached hydrogens (tertiary/aromatic N) is 1. The molecule has 8 nitrogen and oxygen atoms in total. The lowest BCUT2D eigenvalue weighted by Crippen LogP contribution is -2.48. The number of anilines is 1. The maximum absolute atomic E-state index is 12.9. The Balaban J connectivity index is 1.53. The zero-order valence-corrected chi connectivity index (χ0v) is 20.3. The Labute approximate surface area is 197 Å². The topological polar surface area (TPSA) is 86.3 Å². The number of hydrogen-bond donors (Lipinski definition) is 1. The molecule has 4 rings (SSSR count). The van der Waals surface area contributed by atoms with Crippen molar-refractivity contribution in [2.45, 2.75) is 46.3 Å². The maximum atomic E-state index is 12.9. The van der Waals surface area contributed by atoms with Crippen molar-refractivity contribution in [2.75, 3.05) is 38.4 Å². The van der Waals surface area contributed by atoms with Crippen molar-refractivity contribution in [3.05, 3.63) is 39.8 Å². The van der Waals surface area contributed by atoms with Gasteiger partial charge in [-0.1, -0.05) is 6.07 Å². The molecule has 9 heteroatoms. The van der Waals surface area contributed by atoms with Crippen LogP contribution in [0, 0.1) is 6.92 Å². The molecule has 0 bridgehead atoms. The van der Waals surface area contributed by atoms with Gasteiger partial charge in [0, 0.05) is 24.4 Å². The highest BCUT2D eigenvalue weighted by Crippen LogP contribution is 2.37. The molecule has 1 aromatic carbocycles. The highest BCUT2D eigenvalue weighted by molar-refractivity contribution is 7.17. The Morgan fingerprint density at radius 1 is 1.18 bits per heavy atom.